The van der Waals surface area contributed by atoms with E-state index in [1.54, 1.807) is 60.7 Å². The summed E-state index contributed by atoms with van der Waals surface area (Å²) in [5, 5.41) is 0. The van der Waals surface area contributed by atoms with Crippen molar-refractivity contribution in [3.63, 3.8) is 0 Å². The molecule has 1 aliphatic rings. The van der Waals surface area contributed by atoms with Crippen LogP contribution < -0.4 is 0 Å². The van der Waals surface area contributed by atoms with Gasteiger partial charge in [-0.15, -0.1) is 0 Å². The molecule has 0 saturated carbocycles. The quantitative estimate of drug-likeness (QED) is 0.274. The highest BCUT2D eigenvalue weighted by Gasteiger charge is 2.29. The van der Waals surface area contributed by atoms with E-state index in [1.807, 2.05) is 26.0 Å². The lowest BCUT2D eigenvalue weighted by atomic mass is 9.83. The van der Waals surface area contributed by atoms with Crippen LogP contribution in [0.4, 0.5) is 17.6 Å². The summed E-state index contributed by atoms with van der Waals surface area (Å²) in [7, 11) is 0. The first kappa shape index (κ1) is 25.9. The van der Waals surface area contributed by atoms with E-state index in [0.29, 0.717) is 30.4 Å². The van der Waals surface area contributed by atoms with Crippen LogP contribution in [-0.2, 0) is 6.42 Å². The normalized spacial score (nSPS) is 18.3. The van der Waals surface area contributed by atoms with Crippen LogP contribution in [0.5, 0.6) is 0 Å². The summed E-state index contributed by atoms with van der Waals surface area (Å²) in [6.45, 7) is 4.09. The number of aryl methyl sites for hydroxylation is 1. The van der Waals surface area contributed by atoms with Crippen molar-refractivity contribution in [2.24, 2.45) is 11.8 Å². The summed E-state index contributed by atoms with van der Waals surface area (Å²) in [5.74, 6) is -3.88. The van der Waals surface area contributed by atoms with E-state index in [2.05, 4.69) is 0 Å². The summed E-state index contributed by atoms with van der Waals surface area (Å²) >= 11 is 0. The highest BCUT2D eigenvalue weighted by molar-refractivity contribution is 5.72. The van der Waals surface area contributed by atoms with Gasteiger partial charge in [-0.1, -0.05) is 99.5 Å². The van der Waals surface area contributed by atoms with E-state index in [0.717, 1.165) is 30.4 Å². The summed E-state index contributed by atoms with van der Waals surface area (Å²) in [6, 6.07) is 17.6. The predicted octanol–water partition coefficient (Wildman–Crippen LogP) is 10.2. The van der Waals surface area contributed by atoms with Gasteiger partial charge in [0, 0.05) is 23.0 Å². The molecule has 1 aliphatic carbocycles. The van der Waals surface area contributed by atoms with Gasteiger partial charge in [-0.25, -0.2) is 17.6 Å². The second kappa shape index (κ2) is 11.7. The standard InChI is InChI=1S/C32H32F4/c1-3-5-6-25-17-18-26(30(34)29(25)33)16-11-22-9-14-24(15-10-22)28-20-19-27(31(35)32(28)36)23-12-7-21(4-2)8-13-23/h7-16,19-20,25-26H,3-6,17-18H2,1-2H3/b16-11+. The zero-order valence-electron chi connectivity index (χ0n) is 20.8. The first-order valence-electron chi connectivity index (χ1n) is 12.8. The minimum Gasteiger partial charge on any atom is -0.209 e. The third-order valence-electron chi connectivity index (χ3n) is 7.14. The van der Waals surface area contributed by atoms with Crippen molar-refractivity contribution in [1.29, 1.82) is 0 Å². The number of rotatable bonds is 8. The number of hydrogen-bond acceptors (Lipinski definition) is 0. The van der Waals surface area contributed by atoms with Gasteiger partial charge in [0.05, 0.1) is 0 Å². The summed E-state index contributed by atoms with van der Waals surface area (Å²) < 4.78 is 58.9. The van der Waals surface area contributed by atoms with Gasteiger partial charge in [-0.3, -0.25) is 0 Å². The van der Waals surface area contributed by atoms with Gasteiger partial charge < -0.3 is 0 Å². The van der Waals surface area contributed by atoms with Crippen molar-refractivity contribution in [2.75, 3.05) is 0 Å². The first-order chi connectivity index (χ1) is 17.4. The molecule has 0 heterocycles. The van der Waals surface area contributed by atoms with Gasteiger partial charge >= 0.3 is 0 Å². The molecular formula is C32H32F4. The Labute approximate surface area is 211 Å². The largest absolute Gasteiger partial charge is 0.209 e. The van der Waals surface area contributed by atoms with E-state index < -0.39 is 29.2 Å². The molecule has 0 saturated heterocycles. The maximum Gasteiger partial charge on any atom is 0.167 e. The Kier molecular flexibility index (Phi) is 8.45. The van der Waals surface area contributed by atoms with Crippen LogP contribution in [-0.4, -0.2) is 0 Å². The van der Waals surface area contributed by atoms with Crippen molar-refractivity contribution in [1.82, 2.24) is 0 Å². The number of allylic oxidation sites excluding steroid dienone is 3. The number of benzene rings is 3. The zero-order chi connectivity index (χ0) is 25.7. The predicted molar refractivity (Wildman–Crippen MR) is 141 cm³/mol. The molecular weight excluding hydrogens is 460 g/mol. The molecule has 4 heteroatoms. The number of halogens is 4. The van der Waals surface area contributed by atoms with Gasteiger partial charge in [-0.05, 0) is 47.9 Å². The Bertz CT molecular complexity index is 1240. The summed E-state index contributed by atoms with van der Waals surface area (Å²) in [6.07, 6.45) is 8.13. The molecule has 0 amide bonds. The van der Waals surface area contributed by atoms with E-state index in [1.165, 1.54) is 0 Å². The van der Waals surface area contributed by atoms with Crippen molar-refractivity contribution in [2.45, 2.75) is 52.4 Å². The maximum absolute atomic E-state index is 15.0. The SMILES string of the molecule is CCCCC1CCC(/C=C/c2ccc(-c3ccc(-c4ccc(CC)cc4)c(F)c3F)cc2)C(F)=C1F. The Balaban J connectivity index is 1.49. The average molecular weight is 493 g/mol. The van der Waals surface area contributed by atoms with Crippen molar-refractivity contribution >= 4 is 6.08 Å². The van der Waals surface area contributed by atoms with E-state index >= 15 is 0 Å². The fourth-order valence-corrected chi connectivity index (χ4v) is 4.83. The third kappa shape index (κ3) is 5.64. The van der Waals surface area contributed by atoms with Gasteiger partial charge in [-0.2, -0.15) is 0 Å². The molecule has 3 aromatic rings. The lowest BCUT2D eigenvalue weighted by molar-refractivity contribution is 0.304. The molecule has 2 unspecified atom stereocenters. The molecule has 2 atom stereocenters. The number of hydrogen-bond donors (Lipinski definition) is 0. The number of unbranched alkanes of at least 4 members (excludes halogenated alkanes) is 1. The van der Waals surface area contributed by atoms with Gasteiger partial charge in [0.25, 0.3) is 0 Å². The summed E-state index contributed by atoms with van der Waals surface area (Å²) in [4.78, 5) is 0. The average Bonchev–Trinajstić information content (AvgIpc) is 2.91. The molecule has 4 rings (SSSR count). The minimum absolute atomic E-state index is 0.179. The van der Waals surface area contributed by atoms with E-state index in [4.69, 9.17) is 0 Å². The zero-order valence-corrected chi connectivity index (χ0v) is 20.8. The molecule has 36 heavy (non-hydrogen) atoms. The van der Waals surface area contributed by atoms with Crippen molar-refractivity contribution < 1.29 is 17.6 Å². The Morgan fingerprint density at radius 2 is 1.31 bits per heavy atom. The fraction of sp³-hybridized carbons (Fsp3) is 0.312. The second-order valence-electron chi connectivity index (χ2n) is 9.54. The third-order valence-corrected chi connectivity index (χ3v) is 7.14. The molecule has 0 fully saturated rings. The molecule has 0 N–H and O–H groups in total. The Hall–Kier alpha value is -3.14. The van der Waals surface area contributed by atoms with Crippen LogP contribution in [0.2, 0.25) is 0 Å². The van der Waals surface area contributed by atoms with Gasteiger partial charge in [0.2, 0.25) is 0 Å². The Morgan fingerprint density at radius 3 is 1.86 bits per heavy atom. The fourth-order valence-electron chi connectivity index (χ4n) is 4.83. The topological polar surface area (TPSA) is 0 Å². The van der Waals surface area contributed by atoms with Crippen LogP contribution in [0.25, 0.3) is 28.3 Å². The highest BCUT2D eigenvalue weighted by atomic mass is 19.2. The minimum atomic E-state index is -0.891. The van der Waals surface area contributed by atoms with Crippen molar-refractivity contribution in [3.05, 3.63) is 101 Å². The highest BCUT2D eigenvalue weighted by Crippen LogP contribution is 2.39. The molecule has 0 aliphatic heterocycles. The van der Waals surface area contributed by atoms with Crippen LogP contribution in [0.15, 0.2) is 78.4 Å². The second-order valence-corrected chi connectivity index (χ2v) is 9.54. The molecule has 0 radical (unpaired) electrons. The maximum atomic E-state index is 15.0. The molecule has 188 valence electrons. The van der Waals surface area contributed by atoms with Gasteiger partial charge in [0.1, 0.15) is 11.7 Å². The summed E-state index contributed by atoms with van der Waals surface area (Å²) in [5.41, 5.74) is 3.50. The van der Waals surface area contributed by atoms with Gasteiger partial charge in [0.15, 0.2) is 11.6 Å². The molecule has 0 spiro atoms. The smallest absolute Gasteiger partial charge is 0.167 e. The Morgan fingerprint density at radius 1 is 0.722 bits per heavy atom. The molecule has 0 aromatic heterocycles. The first-order valence-corrected chi connectivity index (χ1v) is 12.8. The lowest BCUT2D eigenvalue weighted by Crippen LogP contribution is -2.14. The van der Waals surface area contributed by atoms with Crippen LogP contribution in [0, 0.1) is 23.5 Å². The molecule has 0 bridgehead atoms. The van der Waals surface area contributed by atoms with Crippen LogP contribution in [0.3, 0.4) is 0 Å². The van der Waals surface area contributed by atoms with E-state index in [-0.39, 0.29) is 17.0 Å². The van der Waals surface area contributed by atoms with Crippen molar-refractivity contribution in [3.8, 4) is 22.3 Å². The monoisotopic (exact) mass is 492 g/mol. The van der Waals surface area contributed by atoms with Crippen LogP contribution in [0.1, 0.15) is 57.1 Å². The van der Waals surface area contributed by atoms with Crippen LogP contribution >= 0.6 is 0 Å². The lowest BCUT2D eigenvalue weighted by Gasteiger charge is -2.24. The van der Waals surface area contributed by atoms with E-state index in [9.17, 15) is 17.6 Å². The molecule has 3 aromatic carbocycles. The molecule has 0 nitrogen and oxygen atoms in total.